The Hall–Kier alpha value is -2.34. The Morgan fingerprint density at radius 1 is 1.00 bits per heavy atom. The molecule has 25 heavy (non-hydrogen) atoms. The average molecular weight is 361 g/mol. The lowest BCUT2D eigenvalue weighted by Crippen LogP contribution is -2.28. The van der Waals surface area contributed by atoms with Crippen molar-refractivity contribution in [3.63, 3.8) is 0 Å². The largest absolute Gasteiger partial charge is 0.497 e. The van der Waals surface area contributed by atoms with Crippen LogP contribution in [0.25, 0.3) is 0 Å². The minimum Gasteiger partial charge on any atom is -0.497 e. The third-order valence-corrected chi connectivity index (χ3v) is 4.71. The summed E-state index contributed by atoms with van der Waals surface area (Å²) in [5.41, 5.74) is 1.03. The third kappa shape index (κ3) is 5.32. The molecule has 2 rings (SSSR count). The maximum Gasteiger partial charge on any atom is 0.230 e. The van der Waals surface area contributed by atoms with Gasteiger partial charge in [-0.05, 0) is 42.8 Å². The lowest BCUT2D eigenvalue weighted by atomic mass is 10.1. The Bertz CT molecular complexity index is 703. The number of amides is 1. The number of nitrogens with one attached hydrogen (secondary N) is 1. The molecule has 0 radical (unpaired) electrons. The van der Waals surface area contributed by atoms with E-state index in [9.17, 15) is 4.79 Å². The smallest absolute Gasteiger partial charge is 0.230 e. The first-order valence-electron chi connectivity index (χ1n) is 7.85. The zero-order valence-corrected chi connectivity index (χ0v) is 15.7. The van der Waals surface area contributed by atoms with Gasteiger partial charge in [0.2, 0.25) is 5.91 Å². The second-order valence-corrected chi connectivity index (χ2v) is 6.42. The molecule has 0 aliphatic heterocycles. The van der Waals surface area contributed by atoms with Crippen molar-refractivity contribution in [1.29, 1.82) is 0 Å². The Morgan fingerprint density at radius 2 is 1.68 bits per heavy atom. The van der Waals surface area contributed by atoms with Crippen LogP contribution < -0.4 is 19.5 Å². The van der Waals surface area contributed by atoms with Gasteiger partial charge >= 0.3 is 0 Å². The van der Waals surface area contributed by atoms with Crippen molar-refractivity contribution in [3.8, 4) is 17.2 Å². The highest BCUT2D eigenvalue weighted by Crippen LogP contribution is 2.31. The molecule has 134 valence electrons. The molecule has 0 aliphatic rings. The van der Waals surface area contributed by atoms with E-state index in [2.05, 4.69) is 5.32 Å². The highest BCUT2D eigenvalue weighted by Gasteiger charge is 2.11. The number of thioether (sulfide) groups is 1. The zero-order valence-electron chi connectivity index (χ0n) is 14.9. The highest BCUT2D eigenvalue weighted by atomic mass is 32.2. The van der Waals surface area contributed by atoms with E-state index in [4.69, 9.17) is 14.2 Å². The molecular weight excluding hydrogens is 338 g/mol. The van der Waals surface area contributed by atoms with Crippen molar-refractivity contribution in [2.24, 2.45) is 0 Å². The molecule has 0 saturated heterocycles. The van der Waals surface area contributed by atoms with E-state index in [-0.39, 0.29) is 11.9 Å². The van der Waals surface area contributed by atoms with E-state index in [1.807, 2.05) is 49.4 Å². The Kier molecular flexibility index (Phi) is 7.01. The van der Waals surface area contributed by atoms with Crippen LogP contribution in [-0.4, -0.2) is 33.0 Å². The summed E-state index contributed by atoms with van der Waals surface area (Å²) in [5, 5.41) is 3.00. The van der Waals surface area contributed by atoms with Crippen LogP contribution in [0, 0.1) is 0 Å². The van der Waals surface area contributed by atoms with Gasteiger partial charge < -0.3 is 19.5 Å². The first kappa shape index (κ1) is 19.0. The monoisotopic (exact) mass is 361 g/mol. The summed E-state index contributed by atoms with van der Waals surface area (Å²) in [6.45, 7) is 1.96. The van der Waals surface area contributed by atoms with Crippen LogP contribution in [0.5, 0.6) is 17.2 Å². The molecule has 1 amide bonds. The van der Waals surface area contributed by atoms with Crippen LogP contribution >= 0.6 is 11.8 Å². The molecule has 1 atom stereocenters. The second-order valence-electron chi connectivity index (χ2n) is 5.37. The molecule has 1 N–H and O–H groups in total. The number of carbonyl (C=O) groups is 1. The van der Waals surface area contributed by atoms with Gasteiger partial charge in [-0.25, -0.2) is 0 Å². The molecular formula is C19H23NO4S. The maximum absolute atomic E-state index is 12.2. The van der Waals surface area contributed by atoms with Crippen LogP contribution in [0.4, 0.5) is 0 Å². The second kappa shape index (κ2) is 9.22. The summed E-state index contributed by atoms with van der Waals surface area (Å²) < 4.78 is 15.6. The number of ether oxygens (including phenoxy) is 3. The number of hydrogen-bond acceptors (Lipinski definition) is 5. The Morgan fingerprint density at radius 3 is 2.28 bits per heavy atom. The zero-order chi connectivity index (χ0) is 18.2. The van der Waals surface area contributed by atoms with Gasteiger partial charge in [0.25, 0.3) is 0 Å². The van der Waals surface area contributed by atoms with Crippen LogP contribution in [0.2, 0.25) is 0 Å². The normalized spacial score (nSPS) is 11.5. The van der Waals surface area contributed by atoms with E-state index >= 15 is 0 Å². The summed E-state index contributed by atoms with van der Waals surface area (Å²) in [5.74, 6) is 2.43. The summed E-state index contributed by atoms with van der Waals surface area (Å²) in [6, 6.07) is 13.2. The fourth-order valence-corrected chi connectivity index (χ4v) is 3.05. The lowest BCUT2D eigenvalue weighted by Gasteiger charge is -2.15. The first-order chi connectivity index (χ1) is 12.1. The summed E-state index contributed by atoms with van der Waals surface area (Å²) in [6.07, 6.45) is 0. The van der Waals surface area contributed by atoms with Gasteiger partial charge in [-0.2, -0.15) is 0 Å². The number of methoxy groups -OCH3 is 3. The average Bonchev–Trinajstić information content (AvgIpc) is 2.66. The molecule has 0 fully saturated rings. The maximum atomic E-state index is 12.2. The minimum absolute atomic E-state index is 0.0249. The summed E-state index contributed by atoms with van der Waals surface area (Å²) in [4.78, 5) is 13.1. The van der Waals surface area contributed by atoms with E-state index in [1.165, 1.54) is 11.8 Å². The number of rotatable bonds is 8. The lowest BCUT2D eigenvalue weighted by molar-refractivity contribution is -0.119. The van der Waals surface area contributed by atoms with Gasteiger partial charge in [-0.1, -0.05) is 12.1 Å². The molecule has 0 aromatic heterocycles. The molecule has 0 aliphatic carbocycles. The van der Waals surface area contributed by atoms with Gasteiger partial charge in [0.05, 0.1) is 33.1 Å². The topological polar surface area (TPSA) is 56.8 Å². The van der Waals surface area contributed by atoms with Crippen molar-refractivity contribution in [3.05, 3.63) is 48.0 Å². The highest BCUT2D eigenvalue weighted by molar-refractivity contribution is 8.00. The van der Waals surface area contributed by atoms with Crippen LogP contribution in [0.15, 0.2) is 47.4 Å². The van der Waals surface area contributed by atoms with E-state index < -0.39 is 0 Å². The van der Waals surface area contributed by atoms with Gasteiger partial charge in [-0.3, -0.25) is 4.79 Å². The predicted molar refractivity (Wildman–Crippen MR) is 99.8 cm³/mol. The van der Waals surface area contributed by atoms with Crippen molar-refractivity contribution in [2.75, 3.05) is 27.1 Å². The first-order valence-corrected chi connectivity index (χ1v) is 8.84. The van der Waals surface area contributed by atoms with E-state index in [0.29, 0.717) is 17.3 Å². The summed E-state index contributed by atoms with van der Waals surface area (Å²) >= 11 is 1.45. The fourth-order valence-electron chi connectivity index (χ4n) is 2.31. The molecule has 0 unspecified atom stereocenters. The third-order valence-electron chi connectivity index (χ3n) is 3.72. The van der Waals surface area contributed by atoms with Crippen LogP contribution in [0.3, 0.4) is 0 Å². The minimum atomic E-state index is -0.0654. The fraction of sp³-hybridized carbons (Fsp3) is 0.316. The quantitative estimate of drug-likeness (QED) is 0.727. The van der Waals surface area contributed by atoms with Gasteiger partial charge in [0, 0.05) is 4.90 Å². The van der Waals surface area contributed by atoms with Crippen LogP contribution in [0.1, 0.15) is 18.5 Å². The van der Waals surface area contributed by atoms with Gasteiger partial charge in [0.15, 0.2) is 11.5 Å². The SMILES string of the molecule is COc1ccc([C@@H](C)NC(=O)CSc2ccc(OC)c(OC)c2)cc1. The standard InChI is InChI=1S/C19H23NO4S/c1-13(14-5-7-15(22-2)8-6-14)20-19(21)12-25-16-9-10-17(23-3)18(11-16)24-4/h5-11,13H,12H2,1-4H3,(H,20,21)/t13-/m1/s1. The molecule has 6 heteroatoms. The molecule has 0 saturated carbocycles. The van der Waals surface area contributed by atoms with E-state index in [0.717, 1.165) is 16.2 Å². The number of hydrogen-bond donors (Lipinski definition) is 1. The van der Waals surface area contributed by atoms with Crippen LogP contribution in [-0.2, 0) is 4.79 Å². The molecule has 2 aromatic rings. The molecule has 2 aromatic carbocycles. The predicted octanol–water partition coefficient (Wildman–Crippen LogP) is 3.68. The molecule has 0 heterocycles. The Balaban J connectivity index is 1.89. The number of carbonyl (C=O) groups excluding carboxylic acids is 1. The van der Waals surface area contributed by atoms with E-state index in [1.54, 1.807) is 21.3 Å². The van der Waals surface area contributed by atoms with Crippen molar-refractivity contribution in [1.82, 2.24) is 5.32 Å². The van der Waals surface area contributed by atoms with Crippen molar-refractivity contribution in [2.45, 2.75) is 17.9 Å². The molecule has 5 nitrogen and oxygen atoms in total. The van der Waals surface area contributed by atoms with Crippen molar-refractivity contribution < 1.29 is 19.0 Å². The molecule has 0 spiro atoms. The van der Waals surface area contributed by atoms with Gasteiger partial charge in [-0.15, -0.1) is 11.8 Å². The summed E-state index contributed by atoms with van der Waals surface area (Å²) in [7, 11) is 4.82. The van der Waals surface area contributed by atoms with Crippen molar-refractivity contribution >= 4 is 17.7 Å². The number of benzene rings is 2. The van der Waals surface area contributed by atoms with Gasteiger partial charge in [0.1, 0.15) is 5.75 Å². The molecule has 0 bridgehead atoms. The Labute approximate surface area is 152 Å².